The third kappa shape index (κ3) is 3.97. The van der Waals surface area contributed by atoms with Crippen LogP contribution < -0.4 is 10.6 Å². The van der Waals surface area contributed by atoms with E-state index < -0.39 is 5.54 Å². The van der Waals surface area contributed by atoms with Crippen molar-refractivity contribution in [1.82, 2.24) is 20.0 Å². The first-order chi connectivity index (χ1) is 12.8. The molecule has 27 heavy (non-hydrogen) atoms. The third-order valence-electron chi connectivity index (χ3n) is 5.12. The maximum atomic E-state index is 12.9. The molecule has 2 aromatic rings. The Morgan fingerprint density at radius 2 is 1.74 bits per heavy atom. The molecule has 0 spiro atoms. The van der Waals surface area contributed by atoms with Gasteiger partial charge in [-0.05, 0) is 38.8 Å². The van der Waals surface area contributed by atoms with Crippen LogP contribution in [0.3, 0.4) is 0 Å². The fourth-order valence-electron chi connectivity index (χ4n) is 3.75. The van der Waals surface area contributed by atoms with Crippen molar-refractivity contribution < 1.29 is 9.59 Å². The fraction of sp³-hybridized carbons (Fsp3) is 0.450. The van der Waals surface area contributed by atoms with Gasteiger partial charge < -0.3 is 15.5 Å². The van der Waals surface area contributed by atoms with Gasteiger partial charge in [-0.15, -0.1) is 0 Å². The largest absolute Gasteiger partial charge is 0.357 e. The highest BCUT2D eigenvalue weighted by atomic mass is 16.2. The van der Waals surface area contributed by atoms with Crippen molar-refractivity contribution in [3.63, 3.8) is 0 Å². The first-order valence-electron chi connectivity index (χ1n) is 9.20. The maximum Gasteiger partial charge on any atom is 0.253 e. The summed E-state index contributed by atoms with van der Waals surface area (Å²) in [5.41, 5.74) is 2.10. The number of hydrogen-bond donors (Lipinski definition) is 2. The van der Waals surface area contributed by atoms with Crippen LogP contribution in [0.2, 0.25) is 0 Å². The van der Waals surface area contributed by atoms with E-state index in [4.69, 9.17) is 0 Å². The van der Waals surface area contributed by atoms with Crippen molar-refractivity contribution in [2.75, 3.05) is 25.5 Å². The number of nitrogens with zero attached hydrogens (tertiary/aromatic N) is 3. The van der Waals surface area contributed by atoms with E-state index in [1.54, 1.807) is 11.7 Å². The summed E-state index contributed by atoms with van der Waals surface area (Å²) in [5, 5.41) is 10.4. The Labute approximate surface area is 159 Å². The van der Waals surface area contributed by atoms with Gasteiger partial charge in [-0.1, -0.05) is 17.2 Å². The number of rotatable bonds is 4. The zero-order valence-electron chi connectivity index (χ0n) is 16.4. The van der Waals surface area contributed by atoms with Gasteiger partial charge in [0.05, 0.1) is 0 Å². The smallest absolute Gasteiger partial charge is 0.253 e. The van der Waals surface area contributed by atoms with Crippen molar-refractivity contribution in [2.24, 2.45) is 7.05 Å². The molecular formula is C20H27N5O2. The average Bonchev–Trinajstić information content (AvgIpc) is 3.04. The van der Waals surface area contributed by atoms with Crippen LogP contribution in [-0.4, -0.2) is 52.2 Å². The number of piperidine rings is 1. The van der Waals surface area contributed by atoms with Crippen molar-refractivity contribution in [1.29, 1.82) is 0 Å². The Bertz CT molecular complexity index is 830. The van der Waals surface area contributed by atoms with Gasteiger partial charge in [0.15, 0.2) is 0 Å². The highest BCUT2D eigenvalue weighted by Crippen LogP contribution is 2.28. The summed E-state index contributed by atoms with van der Waals surface area (Å²) in [6.07, 6.45) is 2.89. The van der Waals surface area contributed by atoms with Gasteiger partial charge in [-0.25, -0.2) is 0 Å². The molecule has 1 fully saturated rings. The van der Waals surface area contributed by atoms with Gasteiger partial charge in [-0.3, -0.25) is 14.3 Å². The van der Waals surface area contributed by atoms with E-state index in [2.05, 4.69) is 21.8 Å². The Morgan fingerprint density at radius 3 is 2.26 bits per heavy atom. The molecule has 0 bridgehead atoms. The molecule has 7 heteroatoms. The lowest BCUT2D eigenvalue weighted by molar-refractivity contribution is -0.126. The topological polar surface area (TPSA) is 79.3 Å². The summed E-state index contributed by atoms with van der Waals surface area (Å²) >= 11 is 0. The minimum atomic E-state index is -0.762. The lowest BCUT2D eigenvalue weighted by atomic mass is 9.86. The molecule has 2 N–H and O–H groups in total. The summed E-state index contributed by atoms with van der Waals surface area (Å²) < 4.78 is 1.69. The molecular weight excluding hydrogens is 342 g/mol. The second-order valence-corrected chi connectivity index (χ2v) is 7.33. The number of hydrogen-bond acceptors (Lipinski definition) is 4. The van der Waals surface area contributed by atoms with Crippen molar-refractivity contribution >= 4 is 17.6 Å². The predicted molar refractivity (Wildman–Crippen MR) is 105 cm³/mol. The number of carbonyl (C=O) groups is 2. The predicted octanol–water partition coefficient (Wildman–Crippen LogP) is 1.87. The first kappa shape index (κ1) is 18.9. The molecule has 0 radical (unpaired) electrons. The lowest BCUT2D eigenvalue weighted by Crippen LogP contribution is -2.58. The minimum Gasteiger partial charge on any atom is -0.357 e. The fourth-order valence-corrected chi connectivity index (χ4v) is 3.75. The average molecular weight is 369 g/mol. The van der Waals surface area contributed by atoms with Crippen LogP contribution in [0, 0.1) is 13.8 Å². The SMILES string of the molecule is CNC(=O)C1(Nc2ccn(C)n2)CCN(C(=O)c2cc(C)cc(C)c2)CC1. The molecule has 3 rings (SSSR count). The maximum absolute atomic E-state index is 12.9. The van der Waals surface area contributed by atoms with Crippen molar-refractivity contribution in [3.8, 4) is 0 Å². The second kappa shape index (κ2) is 7.42. The monoisotopic (exact) mass is 369 g/mol. The van der Waals surface area contributed by atoms with Gasteiger partial charge in [-0.2, -0.15) is 5.10 Å². The van der Waals surface area contributed by atoms with Gasteiger partial charge in [0.1, 0.15) is 11.4 Å². The van der Waals surface area contributed by atoms with E-state index in [1.165, 1.54) is 0 Å². The molecule has 144 valence electrons. The summed E-state index contributed by atoms with van der Waals surface area (Å²) in [6, 6.07) is 7.74. The van der Waals surface area contributed by atoms with E-state index in [0.717, 1.165) is 11.1 Å². The number of carbonyl (C=O) groups excluding carboxylic acids is 2. The zero-order valence-corrected chi connectivity index (χ0v) is 16.4. The number of likely N-dealkylation sites (N-methyl/N-ethyl adjacent to an activating group) is 1. The number of aryl methyl sites for hydroxylation is 3. The van der Waals surface area contributed by atoms with Gasteiger partial charge in [0.25, 0.3) is 5.91 Å². The van der Waals surface area contributed by atoms with E-state index in [1.807, 2.05) is 50.2 Å². The van der Waals surface area contributed by atoms with Gasteiger partial charge >= 0.3 is 0 Å². The van der Waals surface area contributed by atoms with E-state index >= 15 is 0 Å². The number of benzene rings is 1. The Kier molecular flexibility index (Phi) is 5.21. The second-order valence-electron chi connectivity index (χ2n) is 7.33. The molecule has 0 aliphatic carbocycles. The standard InChI is InChI=1S/C20H27N5O2/c1-14-11-15(2)13-16(12-14)18(26)25-9-6-20(7-10-25,19(27)21-3)22-17-5-8-24(4)23-17/h5,8,11-13H,6-7,9-10H2,1-4H3,(H,21,27)(H,22,23). The molecule has 7 nitrogen and oxygen atoms in total. The van der Waals surface area contributed by atoms with Crippen LogP contribution in [0.4, 0.5) is 5.82 Å². The molecule has 1 saturated heterocycles. The molecule has 1 aromatic carbocycles. The number of aromatic nitrogens is 2. The van der Waals surface area contributed by atoms with E-state index in [0.29, 0.717) is 37.3 Å². The highest BCUT2D eigenvalue weighted by Gasteiger charge is 2.42. The number of nitrogens with one attached hydrogen (secondary N) is 2. The van der Waals surface area contributed by atoms with Crippen LogP contribution >= 0.6 is 0 Å². The van der Waals surface area contributed by atoms with Crippen LogP contribution in [0.15, 0.2) is 30.5 Å². The molecule has 1 aromatic heterocycles. The number of likely N-dealkylation sites (tertiary alicyclic amines) is 1. The zero-order chi connectivity index (χ0) is 19.6. The van der Waals surface area contributed by atoms with Gasteiger partial charge in [0.2, 0.25) is 5.91 Å². The van der Waals surface area contributed by atoms with Crippen LogP contribution in [-0.2, 0) is 11.8 Å². The molecule has 2 heterocycles. The normalized spacial score (nSPS) is 16.1. The Morgan fingerprint density at radius 1 is 1.11 bits per heavy atom. The third-order valence-corrected chi connectivity index (χ3v) is 5.12. The van der Waals surface area contributed by atoms with E-state index in [9.17, 15) is 9.59 Å². The Hall–Kier alpha value is -2.83. The summed E-state index contributed by atoms with van der Waals surface area (Å²) in [6.45, 7) is 5.01. The Balaban J connectivity index is 1.75. The molecule has 1 aliphatic rings. The van der Waals surface area contributed by atoms with Crippen LogP contribution in [0.1, 0.15) is 34.3 Å². The van der Waals surface area contributed by atoms with Crippen molar-refractivity contribution in [2.45, 2.75) is 32.2 Å². The van der Waals surface area contributed by atoms with Crippen LogP contribution in [0.25, 0.3) is 0 Å². The molecule has 0 unspecified atom stereocenters. The molecule has 0 atom stereocenters. The minimum absolute atomic E-state index is 0.0187. The number of anilines is 1. The molecule has 2 amide bonds. The summed E-state index contributed by atoms with van der Waals surface area (Å²) in [7, 11) is 3.47. The molecule has 1 aliphatic heterocycles. The number of amides is 2. The summed E-state index contributed by atoms with van der Waals surface area (Å²) in [4.78, 5) is 27.4. The quantitative estimate of drug-likeness (QED) is 0.862. The highest BCUT2D eigenvalue weighted by molar-refractivity contribution is 5.95. The lowest BCUT2D eigenvalue weighted by Gasteiger charge is -2.41. The van der Waals surface area contributed by atoms with Crippen LogP contribution in [0.5, 0.6) is 0 Å². The van der Waals surface area contributed by atoms with Gasteiger partial charge in [0, 0.05) is 45.0 Å². The van der Waals surface area contributed by atoms with E-state index in [-0.39, 0.29) is 11.8 Å². The molecule has 0 saturated carbocycles. The first-order valence-corrected chi connectivity index (χ1v) is 9.20. The van der Waals surface area contributed by atoms with Crippen molar-refractivity contribution in [3.05, 3.63) is 47.2 Å². The summed E-state index contributed by atoms with van der Waals surface area (Å²) in [5.74, 6) is 0.604.